The Hall–Kier alpha value is -1.86. The van der Waals surface area contributed by atoms with E-state index in [2.05, 4.69) is 60.7 Å². The zero-order valence-electron chi connectivity index (χ0n) is 12.4. The molecule has 5 rings (SSSR count). The molecule has 106 valence electrons. The SMILES string of the molecule is c1ccc(C(=C2C[NH+]3CCC2CC3)c2ccccc2)cc1. The predicted molar refractivity (Wildman–Crippen MR) is 87.2 cm³/mol. The predicted octanol–water partition coefficient (Wildman–Crippen LogP) is 2.80. The van der Waals surface area contributed by atoms with Gasteiger partial charge in [-0.1, -0.05) is 60.7 Å². The van der Waals surface area contributed by atoms with E-state index in [0.29, 0.717) is 0 Å². The summed E-state index contributed by atoms with van der Waals surface area (Å²) in [6.45, 7) is 3.97. The molecule has 0 aromatic heterocycles. The molecule has 2 aromatic rings. The summed E-state index contributed by atoms with van der Waals surface area (Å²) < 4.78 is 0. The van der Waals surface area contributed by atoms with Crippen molar-refractivity contribution < 1.29 is 4.90 Å². The Morgan fingerprint density at radius 2 is 1.29 bits per heavy atom. The highest BCUT2D eigenvalue weighted by Gasteiger charge is 2.35. The maximum Gasteiger partial charge on any atom is 0.0999 e. The van der Waals surface area contributed by atoms with Crippen LogP contribution < -0.4 is 4.90 Å². The van der Waals surface area contributed by atoms with Gasteiger partial charge in [0.1, 0.15) is 0 Å². The summed E-state index contributed by atoms with van der Waals surface area (Å²) in [7, 11) is 0. The van der Waals surface area contributed by atoms with Gasteiger partial charge in [-0.2, -0.15) is 0 Å². The van der Waals surface area contributed by atoms with Crippen molar-refractivity contribution in [2.24, 2.45) is 5.92 Å². The molecule has 21 heavy (non-hydrogen) atoms. The van der Waals surface area contributed by atoms with Crippen molar-refractivity contribution >= 4 is 5.57 Å². The summed E-state index contributed by atoms with van der Waals surface area (Å²) in [6.07, 6.45) is 2.74. The number of piperidine rings is 3. The zero-order valence-corrected chi connectivity index (χ0v) is 12.4. The monoisotopic (exact) mass is 276 g/mol. The molecule has 0 unspecified atom stereocenters. The van der Waals surface area contributed by atoms with Crippen molar-refractivity contribution in [3.63, 3.8) is 0 Å². The fourth-order valence-corrected chi connectivity index (χ4v) is 4.00. The van der Waals surface area contributed by atoms with Gasteiger partial charge in [-0.15, -0.1) is 0 Å². The molecule has 3 saturated heterocycles. The van der Waals surface area contributed by atoms with E-state index in [1.165, 1.54) is 49.2 Å². The number of nitrogens with one attached hydrogen (secondary N) is 1. The van der Waals surface area contributed by atoms with Crippen LogP contribution >= 0.6 is 0 Å². The summed E-state index contributed by atoms with van der Waals surface area (Å²) in [4.78, 5) is 1.77. The van der Waals surface area contributed by atoms with Crippen LogP contribution in [0.25, 0.3) is 5.57 Å². The van der Waals surface area contributed by atoms with E-state index in [9.17, 15) is 0 Å². The first-order valence-electron chi connectivity index (χ1n) is 8.09. The number of hydrogen-bond acceptors (Lipinski definition) is 0. The minimum absolute atomic E-state index is 0.804. The molecule has 3 heterocycles. The quantitative estimate of drug-likeness (QED) is 0.860. The molecule has 0 saturated carbocycles. The van der Waals surface area contributed by atoms with E-state index in [-0.39, 0.29) is 0 Å². The first-order valence-corrected chi connectivity index (χ1v) is 8.09. The third kappa shape index (κ3) is 2.43. The highest BCUT2D eigenvalue weighted by atomic mass is 15.1. The fourth-order valence-electron chi connectivity index (χ4n) is 4.00. The van der Waals surface area contributed by atoms with Crippen molar-refractivity contribution in [2.45, 2.75) is 12.8 Å². The van der Waals surface area contributed by atoms with E-state index in [1.807, 2.05) is 0 Å². The first-order chi connectivity index (χ1) is 10.4. The summed E-state index contributed by atoms with van der Waals surface area (Å²) >= 11 is 0. The van der Waals surface area contributed by atoms with Crippen molar-refractivity contribution in [3.05, 3.63) is 77.4 Å². The maximum absolute atomic E-state index is 2.27. The van der Waals surface area contributed by atoms with E-state index in [1.54, 1.807) is 10.5 Å². The minimum Gasteiger partial charge on any atom is -0.331 e. The average molecular weight is 276 g/mol. The van der Waals surface area contributed by atoms with E-state index < -0.39 is 0 Å². The maximum atomic E-state index is 2.27. The Labute approximate surface area is 126 Å². The molecule has 3 aliphatic rings. The van der Waals surface area contributed by atoms with Gasteiger partial charge in [0.05, 0.1) is 19.6 Å². The van der Waals surface area contributed by atoms with Gasteiger partial charge in [-0.05, 0) is 28.2 Å². The van der Waals surface area contributed by atoms with Crippen molar-refractivity contribution in [3.8, 4) is 0 Å². The smallest absolute Gasteiger partial charge is 0.0999 e. The van der Waals surface area contributed by atoms with Gasteiger partial charge in [0, 0.05) is 12.8 Å². The Morgan fingerprint density at radius 3 is 1.71 bits per heavy atom. The summed E-state index contributed by atoms with van der Waals surface area (Å²) in [5.74, 6) is 0.804. The summed E-state index contributed by atoms with van der Waals surface area (Å²) in [6, 6.07) is 21.9. The fraction of sp³-hybridized carbons (Fsp3) is 0.300. The lowest BCUT2D eigenvalue weighted by Crippen LogP contribution is -3.15. The van der Waals surface area contributed by atoms with Crippen LogP contribution in [0.4, 0.5) is 0 Å². The van der Waals surface area contributed by atoms with Crippen LogP contribution in [0.1, 0.15) is 24.0 Å². The molecule has 3 fully saturated rings. The van der Waals surface area contributed by atoms with Gasteiger partial charge in [-0.3, -0.25) is 0 Å². The largest absolute Gasteiger partial charge is 0.331 e. The van der Waals surface area contributed by atoms with E-state index in [4.69, 9.17) is 0 Å². The van der Waals surface area contributed by atoms with Gasteiger partial charge in [0.25, 0.3) is 0 Å². The first kappa shape index (κ1) is 12.8. The summed E-state index contributed by atoms with van der Waals surface area (Å²) in [5.41, 5.74) is 5.96. The van der Waals surface area contributed by atoms with E-state index in [0.717, 1.165) is 5.92 Å². The molecule has 0 amide bonds. The second-order valence-corrected chi connectivity index (χ2v) is 6.33. The van der Waals surface area contributed by atoms with Crippen LogP contribution in [-0.4, -0.2) is 19.6 Å². The van der Waals surface area contributed by atoms with E-state index >= 15 is 0 Å². The van der Waals surface area contributed by atoms with Crippen LogP contribution in [0.3, 0.4) is 0 Å². The second kappa shape index (κ2) is 5.50. The van der Waals surface area contributed by atoms with Crippen LogP contribution in [0.2, 0.25) is 0 Å². The molecule has 3 aliphatic heterocycles. The van der Waals surface area contributed by atoms with Crippen LogP contribution in [0.5, 0.6) is 0 Å². The zero-order chi connectivity index (χ0) is 14.1. The Bertz CT molecular complexity index is 593. The Morgan fingerprint density at radius 1 is 0.762 bits per heavy atom. The number of hydrogen-bond donors (Lipinski definition) is 1. The Kier molecular flexibility index (Phi) is 3.36. The van der Waals surface area contributed by atoms with Crippen LogP contribution in [0, 0.1) is 5.92 Å². The molecule has 2 bridgehead atoms. The number of quaternary nitrogens is 1. The summed E-state index contributed by atoms with van der Waals surface area (Å²) in [5, 5.41) is 0. The molecule has 1 N–H and O–H groups in total. The standard InChI is InChI=1S/C20H21N/c1-3-7-17(8-4-1)20(18-9-5-2-6-10-18)19-15-21-13-11-16(19)12-14-21/h1-10,16H,11-15H2/p+1. The second-order valence-electron chi connectivity index (χ2n) is 6.33. The molecular weight excluding hydrogens is 254 g/mol. The van der Waals surface area contributed by atoms with Crippen molar-refractivity contribution in [1.29, 1.82) is 0 Å². The highest BCUT2D eigenvalue weighted by molar-refractivity contribution is 5.82. The normalized spacial score (nSPS) is 24.1. The molecule has 0 spiro atoms. The van der Waals surface area contributed by atoms with Gasteiger partial charge >= 0.3 is 0 Å². The molecule has 0 aliphatic carbocycles. The molecule has 2 aromatic carbocycles. The minimum atomic E-state index is 0.804. The highest BCUT2D eigenvalue weighted by Crippen LogP contribution is 2.34. The van der Waals surface area contributed by atoms with Gasteiger partial charge in [0.2, 0.25) is 0 Å². The number of benzene rings is 2. The van der Waals surface area contributed by atoms with Crippen molar-refractivity contribution in [1.82, 2.24) is 0 Å². The van der Waals surface area contributed by atoms with Gasteiger partial charge < -0.3 is 4.90 Å². The molecule has 1 heteroatoms. The third-order valence-electron chi connectivity index (χ3n) is 5.07. The number of fused-ring (bicyclic) bond motifs is 3. The van der Waals surface area contributed by atoms with Crippen LogP contribution in [0.15, 0.2) is 66.2 Å². The van der Waals surface area contributed by atoms with Gasteiger partial charge in [-0.25, -0.2) is 0 Å². The van der Waals surface area contributed by atoms with Gasteiger partial charge in [0.15, 0.2) is 0 Å². The molecule has 0 radical (unpaired) electrons. The third-order valence-corrected chi connectivity index (χ3v) is 5.07. The van der Waals surface area contributed by atoms with Crippen molar-refractivity contribution in [2.75, 3.05) is 19.6 Å². The molecular formula is C20H22N+. The lowest BCUT2D eigenvalue weighted by Gasteiger charge is -2.39. The topological polar surface area (TPSA) is 4.44 Å². The molecule has 0 atom stereocenters. The lowest BCUT2D eigenvalue weighted by atomic mass is 9.78. The number of rotatable bonds is 2. The average Bonchev–Trinajstić information content (AvgIpc) is 2.58. The Balaban J connectivity index is 1.88. The molecule has 1 nitrogen and oxygen atoms in total. The van der Waals surface area contributed by atoms with Crippen LogP contribution in [-0.2, 0) is 0 Å². The lowest BCUT2D eigenvalue weighted by molar-refractivity contribution is -0.908.